The molecule has 0 saturated heterocycles. The number of sulfonamides is 1. The predicted molar refractivity (Wildman–Crippen MR) is 43.3 cm³/mol. The molecule has 0 aromatic carbocycles. The van der Waals surface area contributed by atoms with Gasteiger partial charge in [-0.2, -0.15) is 5.10 Å². The van der Waals surface area contributed by atoms with Gasteiger partial charge in [-0.1, -0.05) is 0 Å². The highest BCUT2D eigenvalue weighted by Gasteiger charge is 2.03. The van der Waals surface area contributed by atoms with Gasteiger partial charge in [0.05, 0.1) is 6.26 Å². The van der Waals surface area contributed by atoms with Crippen LogP contribution in [0.5, 0.6) is 0 Å². The number of hydrogen-bond acceptors (Lipinski definition) is 4. The summed E-state index contributed by atoms with van der Waals surface area (Å²) in [6.45, 7) is 0. The summed E-state index contributed by atoms with van der Waals surface area (Å²) in [5.41, 5.74) is -0.601. The average molecular weight is 189 g/mol. The molecule has 12 heavy (non-hydrogen) atoms. The highest BCUT2D eigenvalue weighted by Crippen LogP contribution is 1.96. The molecule has 0 amide bonds. The second-order valence-electron chi connectivity index (χ2n) is 2.17. The van der Waals surface area contributed by atoms with E-state index in [-0.39, 0.29) is 5.69 Å². The number of hydrogen-bond donors (Lipinski definition) is 2. The maximum absolute atomic E-state index is 10.9. The zero-order chi connectivity index (χ0) is 9.19. The first-order chi connectivity index (χ1) is 5.49. The molecule has 0 bridgehead atoms. The minimum absolute atomic E-state index is 0.0347. The standard InChI is InChI=1S/C5H7N3O3S/c1-12(10,11)8-4-2-3-6-7-5(4)9/h2-3H,1H3,(H,6,8)(H,7,9). The zero-order valence-corrected chi connectivity index (χ0v) is 7.05. The van der Waals surface area contributed by atoms with E-state index in [1.807, 2.05) is 4.72 Å². The van der Waals surface area contributed by atoms with Crippen LogP contribution in [0.2, 0.25) is 0 Å². The number of aromatic nitrogens is 2. The number of H-pyrrole nitrogens is 1. The third-order valence-corrected chi connectivity index (χ3v) is 1.61. The van der Waals surface area contributed by atoms with Crippen LogP contribution >= 0.6 is 0 Å². The van der Waals surface area contributed by atoms with Crippen LogP contribution in [0.1, 0.15) is 0 Å². The maximum atomic E-state index is 10.9. The van der Waals surface area contributed by atoms with Gasteiger partial charge in [0.2, 0.25) is 10.0 Å². The van der Waals surface area contributed by atoms with Crippen molar-refractivity contribution in [3.05, 3.63) is 22.6 Å². The van der Waals surface area contributed by atoms with Crippen molar-refractivity contribution in [2.75, 3.05) is 11.0 Å². The van der Waals surface area contributed by atoms with Crippen molar-refractivity contribution >= 4 is 15.7 Å². The molecule has 0 aliphatic carbocycles. The van der Waals surface area contributed by atoms with Gasteiger partial charge in [-0.05, 0) is 6.07 Å². The smallest absolute Gasteiger partial charge is 0.278 e. The number of aromatic amines is 1. The Morgan fingerprint density at radius 1 is 1.58 bits per heavy atom. The molecule has 0 fully saturated rings. The van der Waals surface area contributed by atoms with Crippen molar-refractivity contribution in [1.29, 1.82) is 0 Å². The second kappa shape index (κ2) is 2.94. The van der Waals surface area contributed by atoms with Crippen LogP contribution in [0.3, 0.4) is 0 Å². The van der Waals surface area contributed by atoms with Crippen molar-refractivity contribution in [2.24, 2.45) is 0 Å². The molecular weight excluding hydrogens is 182 g/mol. The first-order valence-electron chi connectivity index (χ1n) is 3.00. The van der Waals surface area contributed by atoms with E-state index in [0.29, 0.717) is 0 Å². The Hall–Kier alpha value is -1.37. The molecule has 66 valence electrons. The van der Waals surface area contributed by atoms with Crippen molar-refractivity contribution < 1.29 is 8.42 Å². The molecule has 0 spiro atoms. The number of rotatable bonds is 2. The average Bonchev–Trinajstić information content (AvgIpc) is 1.91. The van der Waals surface area contributed by atoms with Gasteiger partial charge in [0, 0.05) is 6.20 Å². The van der Waals surface area contributed by atoms with Crippen LogP contribution in [-0.2, 0) is 10.0 Å². The minimum atomic E-state index is -3.40. The highest BCUT2D eigenvalue weighted by molar-refractivity contribution is 7.92. The normalized spacial score (nSPS) is 11.1. The Bertz CT molecular complexity index is 422. The fourth-order valence-corrected chi connectivity index (χ4v) is 1.18. The summed E-state index contributed by atoms with van der Waals surface area (Å²) in [5.74, 6) is 0. The number of nitrogens with zero attached hydrogens (tertiary/aromatic N) is 1. The van der Waals surface area contributed by atoms with Gasteiger partial charge in [0.15, 0.2) is 0 Å². The van der Waals surface area contributed by atoms with Crippen LogP contribution in [-0.4, -0.2) is 24.9 Å². The van der Waals surface area contributed by atoms with Crippen molar-refractivity contribution in [3.8, 4) is 0 Å². The van der Waals surface area contributed by atoms with Crippen molar-refractivity contribution in [3.63, 3.8) is 0 Å². The Balaban J connectivity index is 3.07. The third kappa shape index (κ3) is 2.35. The first kappa shape index (κ1) is 8.72. The fourth-order valence-electron chi connectivity index (χ4n) is 0.624. The Kier molecular flexibility index (Phi) is 2.13. The molecule has 0 atom stereocenters. The molecule has 6 nitrogen and oxygen atoms in total. The Labute approximate surface area is 68.7 Å². The summed E-state index contributed by atoms with van der Waals surface area (Å²) in [6.07, 6.45) is 2.25. The van der Waals surface area contributed by atoms with E-state index in [4.69, 9.17) is 0 Å². The van der Waals surface area contributed by atoms with E-state index in [1.54, 1.807) is 0 Å². The van der Waals surface area contributed by atoms with E-state index < -0.39 is 15.6 Å². The number of anilines is 1. The number of nitrogens with one attached hydrogen (secondary N) is 2. The molecule has 0 radical (unpaired) electrons. The minimum Gasteiger partial charge on any atom is -0.278 e. The second-order valence-corrected chi connectivity index (χ2v) is 3.92. The van der Waals surface area contributed by atoms with Gasteiger partial charge in [-0.15, -0.1) is 0 Å². The zero-order valence-electron chi connectivity index (χ0n) is 6.23. The molecule has 0 unspecified atom stereocenters. The molecule has 1 aromatic heterocycles. The lowest BCUT2D eigenvalue weighted by Crippen LogP contribution is -2.19. The molecule has 0 aliphatic rings. The van der Waals surface area contributed by atoms with Gasteiger partial charge >= 0.3 is 0 Å². The van der Waals surface area contributed by atoms with Gasteiger partial charge < -0.3 is 0 Å². The third-order valence-electron chi connectivity index (χ3n) is 1.02. The lowest BCUT2D eigenvalue weighted by Gasteiger charge is -1.99. The molecule has 1 aromatic rings. The molecule has 2 N–H and O–H groups in total. The summed E-state index contributed by atoms with van der Waals surface area (Å²) in [7, 11) is -3.40. The first-order valence-corrected chi connectivity index (χ1v) is 4.90. The summed E-state index contributed by atoms with van der Waals surface area (Å²) >= 11 is 0. The van der Waals surface area contributed by atoms with E-state index >= 15 is 0 Å². The Morgan fingerprint density at radius 3 is 2.75 bits per heavy atom. The summed E-state index contributed by atoms with van der Waals surface area (Å²) in [4.78, 5) is 10.9. The highest BCUT2D eigenvalue weighted by atomic mass is 32.2. The monoisotopic (exact) mass is 189 g/mol. The van der Waals surface area contributed by atoms with E-state index in [0.717, 1.165) is 6.26 Å². The van der Waals surface area contributed by atoms with E-state index in [9.17, 15) is 13.2 Å². The SMILES string of the molecule is CS(=O)(=O)Nc1ccn[nH]c1=O. The molecule has 1 heterocycles. The van der Waals surface area contributed by atoms with Crippen molar-refractivity contribution in [2.45, 2.75) is 0 Å². The van der Waals surface area contributed by atoms with Gasteiger partial charge in [-0.25, -0.2) is 13.5 Å². The quantitative estimate of drug-likeness (QED) is 0.633. The van der Waals surface area contributed by atoms with Crippen LogP contribution in [0, 0.1) is 0 Å². The van der Waals surface area contributed by atoms with Crippen LogP contribution in [0.4, 0.5) is 5.69 Å². The summed E-state index contributed by atoms with van der Waals surface area (Å²) < 4.78 is 23.4. The van der Waals surface area contributed by atoms with Crippen molar-refractivity contribution in [1.82, 2.24) is 10.2 Å². The molecule has 0 aliphatic heterocycles. The fraction of sp³-hybridized carbons (Fsp3) is 0.200. The Morgan fingerprint density at radius 2 is 2.25 bits per heavy atom. The molecule has 1 rings (SSSR count). The topological polar surface area (TPSA) is 91.9 Å². The summed E-state index contributed by atoms with van der Waals surface area (Å²) in [6, 6.07) is 1.28. The van der Waals surface area contributed by atoms with Crippen LogP contribution in [0.25, 0.3) is 0 Å². The van der Waals surface area contributed by atoms with E-state index in [2.05, 4.69) is 10.2 Å². The molecule has 0 saturated carbocycles. The lowest BCUT2D eigenvalue weighted by molar-refractivity contribution is 0.606. The lowest BCUT2D eigenvalue weighted by atomic mass is 10.5. The van der Waals surface area contributed by atoms with E-state index in [1.165, 1.54) is 12.3 Å². The van der Waals surface area contributed by atoms with Gasteiger partial charge in [-0.3, -0.25) is 9.52 Å². The molecule has 7 heteroatoms. The van der Waals surface area contributed by atoms with Gasteiger partial charge in [0.25, 0.3) is 5.56 Å². The largest absolute Gasteiger partial charge is 0.288 e. The maximum Gasteiger partial charge on any atom is 0.288 e. The van der Waals surface area contributed by atoms with Crippen LogP contribution < -0.4 is 10.3 Å². The van der Waals surface area contributed by atoms with Gasteiger partial charge in [0.1, 0.15) is 5.69 Å². The van der Waals surface area contributed by atoms with Crippen LogP contribution in [0.15, 0.2) is 17.1 Å². The predicted octanol–water partition coefficient (Wildman–Crippen LogP) is -0.859. The molecular formula is C5H7N3O3S. The summed E-state index contributed by atoms with van der Waals surface area (Å²) in [5, 5.41) is 5.49.